The van der Waals surface area contributed by atoms with E-state index in [1.54, 1.807) is 13.8 Å². The van der Waals surface area contributed by atoms with E-state index in [2.05, 4.69) is 5.16 Å². The first kappa shape index (κ1) is 18.4. The van der Waals surface area contributed by atoms with Gasteiger partial charge in [-0.2, -0.15) is 4.31 Å². The van der Waals surface area contributed by atoms with Crippen molar-refractivity contribution < 1.29 is 21.4 Å². The third kappa shape index (κ3) is 3.77. The number of hydrogen-bond donors (Lipinski definition) is 0. The standard InChI is InChI=1S/C14H24N2O5S2/c1-10(2)9-22(17,18)13-5-7-16(8-6-13)23(19,20)14-11(3)15-21-12(14)4/h10,13H,5-9H2,1-4H3. The summed E-state index contributed by atoms with van der Waals surface area (Å²) in [7, 11) is -6.86. The van der Waals surface area contributed by atoms with Crippen LogP contribution in [0.2, 0.25) is 0 Å². The normalized spacial score (nSPS) is 18.7. The average molecular weight is 364 g/mol. The smallest absolute Gasteiger partial charge is 0.248 e. The largest absolute Gasteiger partial charge is 0.360 e. The Kier molecular flexibility index (Phi) is 5.22. The molecule has 0 N–H and O–H groups in total. The second-order valence-electron chi connectivity index (χ2n) is 6.48. The molecule has 0 aromatic carbocycles. The minimum absolute atomic E-state index is 0.0732. The Bertz CT molecular complexity index is 738. The van der Waals surface area contributed by atoms with Crippen LogP contribution in [0, 0.1) is 19.8 Å². The van der Waals surface area contributed by atoms with Gasteiger partial charge in [0.15, 0.2) is 15.6 Å². The van der Waals surface area contributed by atoms with Gasteiger partial charge in [-0.3, -0.25) is 0 Å². The zero-order valence-electron chi connectivity index (χ0n) is 13.9. The van der Waals surface area contributed by atoms with Gasteiger partial charge in [0.25, 0.3) is 0 Å². The SMILES string of the molecule is Cc1noc(C)c1S(=O)(=O)N1CCC(S(=O)(=O)CC(C)C)CC1. The van der Waals surface area contributed by atoms with E-state index in [1.165, 1.54) is 4.31 Å². The Morgan fingerprint density at radius 3 is 2.17 bits per heavy atom. The fraction of sp³-hybridized carbons (Fsp3) is 0.786. The summed E-state index contributed by atoms with van der Waals surface area (Å²) in [5.41, 5.74) is 0.331. The van der Waals surface area contributed by atoms with E-state index in [0.29, 0.717) is 18.5 Å². The molecule has 0 radical (unpaired) electrons. The topological polar surface area (TPSA) is 97.6 Å². The molecule has 2 heterocycles. The van der Waals surface area contributed by atoms with Gasteiger partial charge in [0.1, 0.15) is 10.6 Å². The molecule has 0 aliphatic carbocycles. The van der Waals surface area contributed by atoms with Crippen molar-refractivity contribution in [2.45, 2.75) is 50.7 Å². The lowest BCUT2D eigenvalue weighted by Crippen LogP contribution is -2.43. The van der Waals surface area contributed by atoms with Crippen molar-refractivity contribution >= 4 is 19.9 Å². The highest BCUT2D eigenvalue weighted by molar-refractivity contribution is 7.92. The number of aryl methyl sites for hydroxylation is 2. The molecule has 1 fully saturated rings. The molecule has 1 aliphatic heterocycles. The first-order chi connectivity index (χ1) is 10.6. The van der Waals surface area contributed by atoms with Crippen LogP contribution in [0.5, 0.6) is 0 Å². The van der Waals surface area contributed by atoms with Crippen molar-refractivity contribution in [2.24, 2.45) is 5.92 Å². The number of sulfonamides is 1. The van der Waals surface area contributed by atoms with E-state index in [4.69, 9.17) is 4.52 Å². The van der Waals surface area contributed by atoms with E-state index in [0.717, 1.165) is 0 Å². The van der Waals surface area contributed by atoms with Crippen molar-refractivity contribution in [3.63, 3.8) is 0 Å². The first-order valence-electron chi connectivity index (χ1n) is 7.70. The van der Waals surface area contributed by atoms with E-state index >= 15 is 0 Å². The fourth-order valence-electron chi connectivity index (χ4n) is 3.00. The Hall–Kier alpha value is -0.930. The molecule has 1 aromatic heterocycles. The van der Waals surface area contributed by atoms with Crippen molar-refractivity contribution in [2.75, 3.05) is 18.8 Å². The second kappa shape index (κ2) is 6.52. The van der Waals surface area contributed by atoms with Crippen LogP contribution in [0.1, 0.15) is 38.1 Å². The number of hydrogen-bond acceptors (Lipinski definition) is 6. The molecule has 2 rings (SSSR count). The van der Waals surface area contributed by atoms with Crippen LogP contribution in [0.3, 0.4) is 0 Å². The average Bonchev–Trinajstić information content (AvgIpc) is 2.77. The first-order valence-corrected chi connectivity index (χ1v) is 10.9. The van der Waals surface area contributed by atoms with Gasteiger partial charge in [0, 0.05) is 13.1 Å². The Balaban J connectivity index is 2.13. The van der Waals surface area contributed by atoms with Gasteiger partial charge >= 0.3 is 0 Å². The molecule has 0 spiro atoms. The highest BCUT2D eigenvalue weighted by atomic mass is 32.2. The number of piperidine rings is 1. The molecule has 23 heavy (non-hydrogen) atoms. The molecule has 1 aliphatic rings. The summed E-state index contributed by atoms with van der Waals surface area (Å²) in [6, 6.07) is 0. The third-order valence-corrected chi connectivity index (χ3v) is 8.80. The van der Waals surface area contributed by atoms with Crippen molar-refractivity contribution in [3.05, 3.63) is 11.5 Å². The van der Waals surface area contributed by atoms with E-state index in [-0.39, 0.29) is 35.4 Å². The molecule has 0 saturated carbocycles. The number of nitrogens with zero attached hydrogens (tertiary/aromatic N) is 2. The highest BCUT2D eigenvalue weighted by Crippen LogP contribution is 2.28. The molecule has 0 unspecified atom stereocenters. The van der Waals surface area contributed by atoms with E-state index in [9.17, 15) is 16.8 Å². The van der Waals surface area contributed by atoms with E-state index in [1.807, 2.05) is 13.8 Å². The van der Waals surface area contributed by atoms with E-state index < -0.39 is 25.1 Å². The van der Waals surface area contributed by atoms with Crippen LogP contribution in [-0.4, -0.2) is 50.4 Å². The van der Waals surface area contributed by atoms with Crippen LogP contribution < -0.4 is 0 Å². The predicted molar refractivity (Wildman–Crippen MR) is 86.4 cm³/mol. The lowest BCUT2D eigenvalue weighted by atomic mass is 10.2. The zero-order valence-corrected chi connectivity index (χ0v) is 15.6. The molecule has 1 saturated heterocycles. The summed E-state index contributed by atoms with van der Waals surface area (Å²) in [6.07, 6.45) is 0.662. The van der Waals surface area contributed by atoms with Crippen molar-refractivity contribution in [3.8, 4) is 0 Å². The van der Waals surface area contributed by atoms with Crippen LogP contribution in [0.15, 0.2) is 9.42 Å². The van der Waals surface area contributed by atoms with Gasteiger partial charge in [-0.15, -0.1) is 0 Å². The molecular formula is C14H24N2O5S2. The van der Waals surface area contributed by atoms with Gasteiger partial charge in [-0.25, -0.2) is 16.8 Å². The molecular weight excluding hydrogens is 340 g/mol. The fourth-order valence-corrected chi connectivity index (χ4v) is 6.90. The number of aromatic nitrogens is 1. The maximum absolute atomic E-state index is 12.7. The number of rotatable bonds is 5. The predicted octanol–water partition coefficient (Wildman–Crippen LogP) is 1.52. The van der Waals surface area contributed by atoms with Gasteiger partial charge in [-0.05, 0) is 32.6 Å². The maximum Gasteiger partial charge on any atom is 0.248 e. The minimum atomic E-state index is -3.69. The Morgan fingerprint density at radius 2 is 1.74 bits per heavy atom. The van der Waals surface area contributed by atoms with Gasteiger partial charge in [0.2, 0.25) is 10.0 Å². The highest BCUT2D eigenvalue weighted by Gasteiger charge is 2.37. The molecule has 0 bridgehead atoms. The Morgan fingerprint density at radius 1 is 1.17 bits per heavy atom. The van der Waals surface area contributed by atoms with Crippen molar-refractivity contribution in [1.82, 2.24) is 9.46 Å². The maximum atomic E-state index is 12.7. The third-order valence-electron chi connectivity index (χ3n) is 4.04. The lowest BCUT2D eigenvalue weighted by Gasteiger charge is -2.31. The molecule has 7 nitrogen and oxygen atoms in total. The van der Waals surface area contributed by atoms with Crippen LogP contribution in [0.25, 0.3) is 0 Å². The van der Waals surface area contributed by atoms with Gasteiger partial charge in [0.05, 0.1) is 11.0 Å². The van der Waals surface area contributed by atoms with Gasteiger partial charge in [-0.1, -0.05) is 19.0 Å². The van der Waals surface area contributed by atoms with Crippen molar-refractivity contribution in [1.29, 1.82) is 0 Å². The number of sulfone groups is 1. The van der Waals surface area contributed by atoms with Crippen LogP contribution in [-0.2, 0) is 19.9 Å². The van der Waals surface area contributed by atoms with Crippen LogP contribution in [0.4, 0.5) is 0 Å². The molecule has 132 valence electrons. The molecule has 1 aromatic rings. The summed E-state index contributed by atoms with van der Waals surface area (Å²) >= 11 is 0. The van der Waals surface area contributed by atoms with Gasteiger partial charge < -0.3 is 4.52 Å². The molecule has 0 atom stereocenters. The molecule has 0 amide bonds. The summed E-state index contributed by atoms with van der Waals surface area (Å²) < 4.78 is 56.3. The summed E-state index contributed by atoms with van der Waals surface area (Å²) in [5.74, 6) is 0.481. The lowest BCUT2D eigenvalue weighted by molar-refractivity contribution is 0.343. The summed E-state index contributed by atoms with van der Waals surface area (Å²) in [6.45, 7) is 7.29. The second-order valence-corrected chi connectivity index (χ2v) is 10.7. The minimum Gasteiger partial charge on any atom is -0.360 e. The zero-order chi connectivity index (χ0) is 17.4. The quantitative estimate of drug-likeness (QED) is 0.785. The summed E-state index contributed by atoms with van der Waals surface area (Å²) in [4.78, 5) is 0.0981. The van der Waals surface area contributed by atoms with Crippen LogP contribution >= 0.6 is 0 Å². The summed E-state index contributed by atoms with van der Waals surface area (Å²) in [5, 5.41) is 3.23. The molecule has 9 heteroatoms. The Labute approximate surface area is 138 Å². The monoisotopic (exact) mass is 364 g/mol.